The van der Waals surface area contributed by atoms with E-state index >= 15 is 0 Å². The van der Waals surface area contributed by atoms with Crippen LogP contribution in [0.2, 0.25) is 0 Å². The molecule has 0 aliphatic rings. The van der Waals surface area contributed by atoms with Gasteiger partial charge >= 0.3 is 0 Å². The van der Waals surface area contributed by atoms with Crippen molar-refractivity contribution in [3.63, 3.8) is 0 Å². The minimum absolute atomic E-state index is 0.716. The van der Waals surface area contributed by atoms with Crippen molar-refractivity contribution in [1.82, 2.24) is 20.8 Å². The minimum Gasteiger partial charge on any atom is -0.356 e. The number of guanidine groups is 1. The zero-order chi connectivity index (χ0) is 11.6. The predicted octanol–water partition coefficient (Wildman–Crippen LogP) is 1.26. The van der Waals surface area contributed by atoms with Crippen LogP contribution >= 0.6 is 0 Å². The smallest absolute Gasteiger partial charge is 0.191 e. The highest BCUT2D eigenvalue weighted by molar-refractivity contribution is 5.79. The molecule has 0 fully saturated rings. The van der Waals surface area contributed by atoms with E-state index in [1.165, 1.54) is 19.3 Å². The number of rotatable bonds is 6. The van der Waals surface area contributed by atoms with Crippen molar-refractivity contribution in [3.8, 4) is 0 Å². The van der Waals surface area contributed by atoms with Crippen LogP contribution in [0.5, 0.6) is 0 Å². The van der Waals surface area contributed by atoms with E-state index in [1.54, 1.807) is 13.2 Å². The molecule has 0 amide bonds. The molecule has 0 saturated heterocycles. The number of aliphatic imine (C=N–C) groups is 1. The number of aromatic nitrogens is 2. The van der Waals surface area contributed by atoms with Crippen molar-refractivity contribution in [3.05, 3.63) is 18.0 Å². The van der Waals surface area contributed by atoms with Gasteiger partial charge < -0.3 is 10.6 Å². The number of aromatic amines is 1. The van der Waals surface area contributed by atoms with Gasteiger partial charge in [-0.25, -0.2) is 0 Å². The summed E-state index contributed by atoms with van der Waals surface area (Å²) in [6, 6.07) is 1.94. The Morgan fingerprint density at radius 3 is 2.94 bits per heavy atom. The molecule has 1 aromatic rings. The van der Waals surface area contributed by atoms with Crippen molar-refractivity contribution in [2.24, 2.45) is 4.99 Å². The molecule has 0 aliphatic carbocycles. The van der Waals surface area contributed by atoms with E-state index in [1.807, 2.05) is 6.07 Å². The maximum Gasteiger partial charge on any atom is 0.191 e. The van der Waals surface area contributed by atoms with Gasteiger partial charge in [-0.3, -0.25) is 10.1 Å². The van der Waals surface area contributed by atoms with E-state index in [4.69, 9.17) is 0 Å². The third-order valence-corrected chi connectivity index (χ3v) is 2.30. The van der Waals surface area contributed by atoms with Gasteiger partial charge in [0.05, 0.1) is 12.2 Å². The van der Waals surface area contributed by atoms with Crippen LogP contribution in [0.25, 0.3) is 0 Å². The van der Waals surface area contributed by atoms with E-state index in [0.29, 0.717) is 6.54 Å². The zero-order valence-corrected chi connectivity index (χ0v) is 10.1. The van der Waals surface area contributed by atoms with E-state index in [0.717, 1.165) is 18.2 Å². The normalized spacial score (nSPS) is 11.5. The lowest BCUT2D eigenvalue weighted by molar-refractivity contribution is 0.681. The van der Waals surface area contributed by atoms with Gasteiger partial charge in [0.2, 0.25) is 0 Å². The van der Waals surface area contributed by atoms with E-state index < -0.39 is 0 Å². The lowest BCUT2D eigenvalue weighted by atomic mass is 10.2. The molecule has 0 aromatic carbocycles. The molecule has 0 unspecified atom stereocenters. The Morgan fingerprint density at radius 1 is 1.44 bits per heavy atom. The van der Waals surface area contributed by atoms with Crippen LogP contribution in [-0.4, -0.2) is 29.7 Å². The summed E-state index contributed by atoms with van der Waals surface area (Å²) in [5.74, 6) is 0.839. The van der Waals surface area contributed by atoms with Gasteiger partial charge in [0.25, 0.3) is 0 Å². The quantitative estimate of drug-likeness (QED) is 0.386. The summed E-state index contributed by atoms with van der Waals surface area (Å²) in [5, 5.41) is 13.3. The molecule has 0 atom stereocenters. The topological polar surface area (TPSA) is 65.1 Å². The number of hydrogen-bond acceptors (Lipinski definition) is 2. The Kier molecular flexibility index (Phi) is 6.06. The SMILES string of the molecule is CCCCCNC(=NC)NCc1ccn[nH]1. The first-order chi connectivity index (χ1) is 7.86. The fourth-order valence-electron chi connectivity index (χ4n) is 1.36. The van der Waals surface area contributed by atoms with Gasteiger partial charge in [0, 0.05) is 19.8 Å². The van der Waals surface area contributed by atoms with E-state index in [2.05, 4.69) is 32.7 Å². The lowest BCUT2D eigenvalue weighted by Gasteiger charge is -2.10. The maximum atomic E-state index is 4.15. The molecule has 1 aromatic heterocycles. The average molecular weight is 223 g/mol. The molecule has 90 valence electrons. The van der Waals surface area contributed by atoms with Crippen LogP contribution in [0.4, 0.5) is 0 Å². The van der Waals surface area contributed by atoms with Crippen molar-refractivity contribution < 1.29 is 0 Å². The Bertz CT molecular complexity index is 291. The van der Waals surface area contributed by atoms with Crippen LogP contribution in [0.1, 0.15) is 31.9 Å². The summed E-state index contributed by atoms with van der Waals surface area (Å²) >= 11 is 0. The average Bonchev–Trinajstić information content (AvgIpc) is 2.81. The largest absolute Gasteiger partial charge is 0.356 e. The summed E-state index contributed by atoms with van der Waals surface area (Å²) in [5.41, 5.74) is 1.05. The molecule has 0 aliphatic heterocycles. The lowest BCUT2D eigenvalue weighted by Crippen LogP contribution is -2.37. The first-order valence-corrected chi connectivity index (χ1v) is 5.79. The second-order valence-corrected chi connectivity index (χ2v) is 3.64. The Labute approximate surface area is 96.7 Å². The highest BCUT2D eigenvalue weighted by atomic mass is 15.2. The summed E-state index contributed by atoms with van der Waals surface area (Å²) < 4.78 is 0. The second kappa shape index (κ2) is 7.73. The molecule has 1 heterocycles. The first-order valence-electron chi connectivity index (χ1n) is 5.79. The molecular weight excluding hydrogens is 202 g/mol. The predicted molar refractivity (Wildman–Crippen MR) is 66.3 cm³/mol. The molecule has 3 N–H and O–H groups in total. The van der Waals surface area contributed by atoms with Crippen LogP contribution in [0.15, 0.2) is 17.3 Å². The molecule has 5 heteroatoms. The number of nitrogens with one attached hydrogen (secondary N) is 3. The van der Waals surface area contributed by atoms with Crippen LogP contribution in [-0.2, 0) is 6.54 Å². The molecule has 0 radical (unpaired) electrons. The third kappa shape index (κ3) is 4.82. The molecule has 5 nitrogen and oxygen atoms in total. The third-order valence-electron chi connectivity index (χ3n) is 2.30. The molecule has 16 heavy (non-hydrogen) atoms. The first kappa shape index (κ1) is 12.5. The van der Waals surface area contributed by atoms with Crippen LogP contribution in [0, 0.1) is 0 Å². The number of unbranched alkanes of at least 4 members (excludes halogenated alkanes) is 2. The summed E-state index contributed by atoms with van der Waals surface area (Å²) in [6.07, 6.45) is 5.42. The summed E-state index contributed by atoms with van der Waals surface area (Å²) in [4.78, 5) is 4.15. The van der Waals surface area contributed by atoms with Gasteiger partial charge in [-0.05, 0) is 12.5 Å². The van der Waals surface area contributed by atoms with Crippen molar-refractivity contribution in [2.75, 3.05) is 13.6 Å². The highest BCUT2D eigenvalue weighted by Crippen LogP contribution is 1.92. The molecule has 0 bridgehead atoms. The standard InChI is InChI=1S/C11H21N5/c1-3-4-5-7-13-11(12-2)14-9-10-6-8-15-16-10/h6,8H,3-5,7,9H2,1-2H3,(H,15,16)(H2,12,13,14). The van der Waals surface area contributed by atoms with Gasteiger partial charge in [0.1, 0.15) is 0 Å². The van der Waals surface area contributed by atoms with Crippen molar-refractivity contribution >= 4 is 5.96 Å². The monoisotopic (exact) mass is 223 g/mol. The van der Waals surface area contributed by atoms with Crippen molar-refractivity contribution in [2.45, 2.75) is 32.7 Å². The molecule has 0 spiro atoms. The minimum atomic E-state index is 0.716. The Morgan fingerprint density at radius 2 is 2.31 bits per heavy atom. The van der Waals surface area contributed by atoms with Crippen LogP contribution in [0.3, 0.4) is 0 Å². The van der Waals surface area contributed by atoms with Gasteiger partial charge in [-0.1, -0.05) is 19.8 Å². The van der Waals surface area contributed by atoms with Gasteiger partial charge in [-0.2, -0.15) is 5.10 Å². The Hall–Kier alpha value is -1.52. The fourth-order valence-corrected chi connectivity index (χ4v) is 1.36. The maximum absolute atomic E-state index is 4.15. The molecule has 1 rings (SSSR count). The highest BCUT2D eigenvalue weighted by Gasteiger charge is 1.97. The number of hydrogen-bond donors (Lipinski definition) is 3. The second-order valence-electron chi connectivity index (χ2n) is 3.64. The van der Waals surface area contributed by atoms with E-state index in [9.17, 15) is 0 Å². The van der Waals surface area contributed by atoms with E-state index in [-0.39, 0.29) is 0 Å². The van der Waals surface area contributed by atoms with Gasteiger partial charge in [0.15, 0.2) is 5.96 Å². The van der Waals surface area contributed by atoms with Gasteiger partial charge in [-0.15, -0.1) is 0 Å². The molecule has 0 saturated carbocycles. The summed E-state index contributed by atoms with van der Waals surface area (Å²) in [6.45, 7) is 3.88. The fraction of sp³-hybridized carbons (Fsp3) is 0.636. The van der Waals surface area contributed by atoms with Crippen molar-refractivity contribution in [1.29, 1.82) is 0 Å². The number of nitrogens with zero attached hydrogens (tertiary/aromatic N) is 2. The van der Waals surface area contributed by atoms with Crippen LogP contribution < -0.4 is 10.6 Å². The Balaban J connectivity index is 2.17. The zero-order valence-electron chi connectivity index (χ0n) is 10.1. The summed E-state index contributed by atoms with van der Waals surface area (Å²) in [7, 11) is 1.78. The number of H-pyrrole nitrogens is 1. The molecular formula is C11H21N5.